The summed E-state index contributed by atoms with van der Waals surface area (Å²) in [5, 5.41) is 9.97. The lowest BCUT2D eigenvalue weighted by Crippen LogP contribution is -2.18. The lowest BCUT2D eigenvalue weighted by molar-refractivity contribution is 0.435. The second kappa shape index (κ2) is 4.99. The Morgan fingerprint density at radius 2 is 2.00 bits per heavy atom. The van der Waals surface area contributed by atoms with Crippen LogP contribution in [0.2, 0.25) is 0 Å². The summed E-state index contributed by atoms with van der Waals surface area (Å²) >= 11 is 3.35. The molecule has 0 saturated carbocycles. The first-order chi connectivity index (χ1) is 6.97. The summed E-state index contributed by atoms with van der Waals surface area (Å²) in [6.07, 6.45) is 0. The van der Waals surface area contributed by atoms with Gasteiger partial charge in [-0.1, -0.05) is 19.9 Å². The minimum Gasteiger partial charge on any atom is -0.506 e. The van der Waals surface area contributed by atoms with Crippen molar-refractivity contribution in [1.29, 1.82) is 0 Å². The first-order valence-corrected chi connectivity index (χ1v) is 5.95. The van der Waals surface area contributed by atoms with Gasteiger partial charge in [0.1, 0.15) is 5.75 Å². The minimum atomic E-state index is 0.209. The molecule has 0 saturated heterocycles. The molecule has 0 radical (unpaired) electrons. The molecule has 84 valence electrons. The third-order valence-electron chi connectivity index (χ3n) is 2.70. The average molecular weight is 272 g/mol. The number of phenols is 1. The normalized spacial score (nSPS) is 13.2. The first kappa shape index (κ1) is 12.5. The lowest BCUT2D eigenvalue weighted by Gasteiger charge is -2.21. The van der Waals surface area contributed by atoms with E-state index in [4.69, 9.17) is 5.73 Å². The average Bonchev–Trinajstić information content (AvgIpc) is 2.13. The van der Waals surface area contributed by atoms with E-state index in [9.17, 15) is 5.11 Å². The zero-order valence-corrected chi connectivity index (χ0v) is 11.0. The highest BCUT2D eigenvalue weighted by Crippen LogP contribution is 2.36. The lowest BCUT2D eigenvalue weighted by atomic mass is 9.87. The van der Waals surface area contributed by atoms with E-state index in [0.29, 0.717) is 18.2 Å². The molecule has 0 aromatic heterocycles. The highest BCUT2D eigenvalue weighted by Gasteiger charge is 2.19. The zero-order valence-electron chi connectivity index (χ0n) is 9.42. The number of halogens is 1. The van der Waals surface area contributed by atoms with Crippen molar-refractivity contribution in [3.8, 4) is 5.75 Å². The summed E-state index contributed by atoms with van der Waals surface area (Å²) < 4.78 is 0.747. The summed E-state index contributed by atoms with van der Waals surface area (Å²) in [4.78, 5) is 0. The second-order valence-electron chi connectivity index (χ2n) is 4.27. The minimum absolute atomic E-state index is 0.209. The molecule has 0 aliphatic rings. The number of rotatable bonds is 3. The molecule has 1 atom stereocenters. The van der Waals surface area contributed by atoms with Gasteiger partial charge in [0, 0.05) is 5.92 Å². The molecule has 0 aliphatic carbocycles. The molecule has 1 rings (SSSR count). The van der Waals surface area contributed by atoms with E-state index < -0.39 is 0 Å². The third-order valence-corrected chi connectivity index (χ3v) is 3.30. The van der Waals surface area contributed by atoms with Gasteiger partial charge in [0.25, 0.3) is 0 Å². The monoisotopic (exact) mass is 271 g/mol. The molecule has 1 aromatic rings. The van der Waals surface area contributed by atoms with E-state index >= 15 is 0 Å². The van der Waals surface area contributed by atoms with Crippen molar-refractivity contribution >= 4 is 15.9 Å². The van der Waals surface area contributed by atoms with Crippen LogP contribution < -0.4 is 5.73 Å². The molecule has 2 nitrogen and oxygen atoms in total. The van der Waals surface area contributed by atoms with Gasteiger partial charge in [0.05, 0.1) is 4.47 Å². The number of aromatic hydroxyl groups is 1. The summed E-state index contributed by atoms with van der Waals surface area (Å²) in [7, 11) is 0. The molecule has 0 spiro atoms. The van der Waals surface area contributed by atoms with E-state index in [1.807, 2.05) is 19.1 Å². The first-order valence-electron chi connectivity index (χ1n) is 5.16. The standard InChI is InChI=1S/C12H18BrNO/c1-7(2)10(6-14)9-4-8(3)5-11(13)12(9)15/h4-5,7,10,15H,6,14H2,1-3H3. The third kappa shape index (κ3) is 2.73. The van der Waals surface area contributed by atoms with Crippen molar-refractivity contribution in [2.45, 2.75) is 26.7 Å². The number of phenolic OH excluding ortho intramolecular Hbond substituents is 1. The van der Waals surface area contributed by atoms with Gasteiger partial charge in [0.2, 0.25) is 0 Å². The molecule has 1 unspecified atom stereocenters. The molecule has 1 aromatic carbocycles. The number of benzene rings is 1. The second-order valence-corrected chi connectivity index (χ2v) is 5.13. The predicted molar refractivity (Wildman–Crippen MR) is 67.2 cm³/mol. The molecule has 3 N–H and O–H groups in total. The Bertz CT molecular complexity index is 350. The Kier molecular flexibility index (Phi) is 4.17. The predicted octanol–water partition coefficient (Wildman–Crippen LogP) is 3.16. The van der Waals surface area contributed by atoms with Crippen LogP contribution in [-0.2, 0) is 0 Å². The van der Waals surface area contributed by atoms with Gasteiger partial charge < -0.3 is 10.8 Å². The SMILES string of the molecule is Cc1cc(Br)c(O)c(C(CN)C(C)C)c1. The summed E-state index contributed by atoms with van der Waals surface area (Å²) in [6.45, 7) is 6.81. The fraction of sp³-hybridized carbons (Fsp3) is 0.500. The zero-order chi connectivity index (χ0) is 11.6. The van der Waals surface area contributed by atoms with E-state index in [1.54, 1.807) is 0 Å². The molecule has 15 heavy (non-hydrogen) atoms. The number of hydrogen-bond donors (Lipinski definition) is 2. The van der Waals surface area contributed by atoms with Crippen LogP contribution in [0.5, 0.6) is 5.75 Å². The molecule has 0 aliphatic heterocycles. The van der Waals surface area contributed by atoms with Crippen LogP contribution in [0, 0.1) is 12.8 Å². The van der Waals surface area contributed by atoms with Gasteiger partial charge in [-0.05, 0) is 52.5 Å². The van der Waals surface area contributed by atoms with Gasteiger partial charge in [-0.25, -0.2) is 0 Å². The molecular formula is C12H18BrNO. The Balaban J connectivity index is 3.22. The van der Waals surface area contributed by atoms with Crippen molar-refractivity contribution in [3.05, 3.63) is 27.7 Å². The van der Waals surface area contributed by atoms with Crippen molar-refractivity contribution in [3.63, 3.8) is 0 Å². The summed E-state index contributed by atoms with van der Waals surface area (Å²) in [6, 6.07) is 3.92. The molecule has 0 heterocycles. The van der Waals surface area contributed by atoms with Crippen LogP contribution in [0.1, 0.15) is 30.9 Å². The highest BCUT2D eigenvalue weighted by molar-refractivity contribution is 9.10. The van der Waals surface area contributed by atoms with Crippen LogP contribution >= 0.6 is 15.9 Å². The van der Waals surface area contributed by atoms with Crippen molar-refractivity contribution < 1.29 is 5.11 Å². The Morgan fingerprint density at radius 3 is 2.47 bits per heavy atom. The number of nitrogens with two attached hydrogens (primary N) is 1. The maximum atomic E-state index is 9.97. The van der Waals surface area contributed by atoms with E-state index in [1.165, 1.54) is 0 Å². The fourth-order valence-corrected chi connectivity index (χ4v) is 2.39. The smallest absolute Gasteiger partial charge is 0.133 e. The van der Waals surface area contributed by atoms with Crippen LogP contribution in [0.3, 0.4) is 0 Å². The highest BCUT2D eigenvalue weighted by atomic mass is 79.9. The Hall–Kier alpha value is -0.540. The van der Waals surface area contributed by atoms with Gasteiger partial charge in [-0.3, -0.25) is 0 Å². The fourth-order valence-electron chi connectivity index (χ4n) is 1.80. The van der Waals surface area contributed by atoms with E-state index in [0.717, 1.165) is 15.6 Å². The molecule has 3 heteroatoms. The Labute approximate surface area is 99.6 Å². The van der Waals surface area contributed by atoms with Crippen LogP contribution in [0.25, 0.3) is 0 Å². The topological polar surface area (TPSA) is 46.2 Å². The van der Waals surface area contributed by atoms with Gasteiger partial charge >= 0.3 is 0 Å². The molecule has 0 bridgehead atoms. The number of aryl methyl sites for hydroxylation is 1. The Morgan fingerprint density at radius 1 is 1.40 bits per heavy atom. The van der Waals surface area contributed by atoms with Crippen LogP contribution in [-0.4, -0.2) is 11.7 Å². The maximum absolute atomic E-state index is 9.97. The van der Waals surface area contributed by atoms with E-state index in [-0.39, 0.29) is 5.92 Å². The maximum Gasteiger partial charge on any atom is 0.133 e. The van der Waals surface area contributed by atoms with Crippen LogP contribution in [0.15, 0.2) is 16.6 Å². The number of hydrogen-bond acceptors (Lipinski definition) is 2. The largest absolute Gasteiger partial charge is 0.506 e. The van der Waals surface area contributed by atoms with Gasteiger partial charge in [-0.2, -0.15) is 0 Å². The van der Waals surface area contributed by atoms with Gasteiger partial charge in [0.15, 0.2) is 0 Å². The van der Waals surface area contributed by atoms with Crippen molar-refractivity contribution in [2.75, 3.05) is 6.54 Å². The van der Waals surface area contributed by atoms with Gasteiger partial charge in [-0.15, -0.1) is 0 Å². The van der Waals surface area contributed by atoms with Crippen molar-refractivity contribution in [2.24, 2.45) is 11.7 Å². The summed E-state index contributed by atoms with van der Waals surface area (Å²) in [5.74, 6) is 0.959. The molecular weight excluding hydrogens is 254 g/mol. The van der Waals surface area contributed by atoms with E-state index in [2.05, 4.69) is 29.8 Å². The molecule has 0 amide bonds. The van der Waals surface area contributed by atoms with Crippen molar-refractivity contribution in [1.82, 2.24) is 0 Å². The summed E-state index contributed by atoms with van der Waals surface area (Å²) in [5.41, 5.74) is 7.83. The molecule has 0 fully saturated rings. The van der Waals surface area contributed by atoms with Crippen LogP contribution in [0.4, 0.5) is 0 Å². The quantitative estimate of drug-likeness (QED) is 0.887.